The molecule has 0 saturated carbocycles. The fourth-order valence-electron chi connectivity index (χ4n) is 3.25. The number of allylic oxidation sites excluding steroid dienone is 4. The summed E-state index contributed by atoms with van der Waals surface area (Å²) >= 11 is 0. The Labute approximate surface area is 200 Å². The molecule has 0 fully saturated rings. The van der Waals surface area contributed by atoms with Gasteiger partial charge in [-0.1, -0.05) is 43.1 Å². The van der Waals surface area contributed by atoms with E-state index in [2.05, 4.69) is 39.8 Å². The van der Waals surface area contributed by atoms with E-state index in [0.29, 0.717) is 18.8 Å². The summed E-state index contributed by atoms with van der Waals surface area (Å²) in [6.45, 7) is 9.05. The fraction of sp³-hybridized carbons (Fsp3) is 0.593. The molecule has 0 atom stereocenters. The first-order valence-electron chi connectivity index (χ1n) is 11.9. The maximum absolute atomic E-state index is 12.1. The highest BCUT2D eigenvalue weighted by Gasteiger charge is 2.15. The van der Waals surface area contributed by atoms with Crippen molar-refractivity contribution in [3.8, 4) is 11.5 Å². The number of carbonyl (C=O) groups excluding carboxylic acids is 1. The molecule has 0 aromatic heterocycles. The van der Waals surface area contributed by atoms with Crippen LogP contribution >= 0.6 is 0 Å². The number of carbonyl (C=O) groups is 1. The first-order valence-corrected chi connectivity index (χ1v) is 11.9. The van der Waals surface area contributed by atoms with Gasteiger partial charge in [0.25, 0.3) is 0 Å². The maximum atomic E-state index is 12.1. The summed E-state index contributed by atoms with van der Waals surface area (Å²) in [5.74, 6) is 0.837. The second kappa shape index (κ2) is 16.2. The minimum Gasteiger partial charge on any atom is -0.508 e. The predicted octanol–water partition coefficient (Wildman–Crippen LogP) is 6.41. The molecule has 0 unspecified atom stereocenters. The van der Waals surface area contributed by atoms with Crippen molar-refractivity contribution in [1.29, 1.82) is 0 Å². The second-order valence-electron chi connectivity index (χ2n) is 8.70. The molecule has 0 aliphatic carbocycles. The summed E-state index contributed by atoms with van der Waals surface area (Å²) in [4.78, 5) is 13.5. The van der Waals surface area contributed by atoms with Gasteiger partial charge in [-0.3, -0.25) is 4.90 Å². The molecule has 0 heterocycles. The van der Waals surface area contributed by atoms with E-state index in [4.69, 9.17) is 14.2 Å². The van der Waals surface area contributed by atoms with Crippen LogP contribution in [0.1, 0.15) is 70.9 Å². The lowest BCUT2D eigenvalue weighted by Crippen LogP contribution is -2.32. The first kappa shape index (κ1) is 28.6. The Kier molecular flexibility index (Phi) is 14.0. The highest BCUT2D eigenvalue weighted by atomic mass is 16.6. The number of aromatic hydroxyl groups is 1. The third-order valence-electron chi connectivity index (χ3n) is 5.30. The molecule has 0 aliphatic rings. The SMILES string of the molecule is CCCCCc1cc(O)c(C/C=C(\C)CCC=C(C)C)c(OCN(C)C(=O)OCCOC)c1. The lowest BCUT2D eigenvalue weighted by atomic mass is 10.00. The van der Waals surface area contributed by atoms with Crippen LogP contribution in [0.2, 0.25) is 0 Å². The zero-order valence-corrected chi connectivity index (χ0v) is 21.4. The Balaban J connectivity index is 2.94. The summed E-state index contributed by atoms with van der Waals surface area (Å²) in [5.41, 5.74) is 4.36. The van der Waals surface area contributed by atoms with Gasteiger partial charge >= 0.3 is 6.09 Å². The molecule has 33 heavy (non-hydrogen) atoms. The van der Waals surface area contributed by atoms with Crippen LogP contribution in [0, 0.1) is 0 Å². The molecule has 0 bridgehead atoms. The second-order valence-corrected chi connectivity index (χ2v) is 8.70. The van der Waals surface area contributed by atoms with Gasteiger partial charge in [0.05, 0.1) is 6.61 Å². The first-order chi connectivity index (χ1) is 15.8. The molecule has 1 amide bonds. The number of aryl methyl sites for hydroxylation is 1. The average molecular weight is 462 g/mol. The number of benzene rings is 1. The van der Waals surface area contributed by atoms with Gasteiger partial charge in [0.1, 0.15) is 18.1 Å². The molecule has 0 spiro atoms. The standard InChI is InChI=1S/C27H43NO5/c1-7-8-9-13-23-18-25(29)24(15-14-22(4)12-10-11-21(2)3)26(19-23)33-20-28(5)27(30)32-17-16-31-6/h11,14,18-19,29H,7-10,12-13,15-17,20H2,1-6H3/b22-14+. The number of ether oxygens (including phenoxy) is 3. The van der Waals surface area contributed by atoms with Crippen LogP contribution < -0.4 is 4.74 Å². The van der Waals surface area contributed by atoms with Gasteiger partial charge in [0.15, 0.2) is 6.73 Å². The number of hydrogen-bond acceptors (Lipinski definition) is 5. The highest BCUT2D eigenvalue weighted by Crippen LogP contribution is 2.32. The number of nitrogens with zero attached hydrogens (tertiary/aromatic N) is 1. The van der Waals surface area contributed by atoms with Crippen molar-refractivity contribution in [2.45, 2.75) is 72.6 Å². The van der Waals surface area contributed by atoms with Gasteiger partial charge in [-0.05, 0) is 70.6 Å². The number of methoxy groups -OCH3 is 1. The molecule has 1 N–H and O–H groups in total. The van der Waals surface area contributed by atoms with Gasteiger partial charge in [-0.2, -0.15) is 0 Å². The summed E-state index contributed by atoms with van der Waals surface area (Å²) in [5, 5.41) is 10.8. The van der Waals surface area contributed by atoms with Crippen LogP contribution in [0.15, 0.2) is 35.4 Å². The van der Waals surface area contributed by atoms with E-state index in [9.17, 15) is 9.90 Å². The molecule has 0 aliphatic heterocycles. The van der Waals surface area contributed by atoms with E-state index in [1.807, 2.05) is 12.1 Å². The molecule has 6 heteroatoms. The molecule has 186 valence electrons. The number of phenols is 1. The van der Waals surface area contributed by atoms with Crippen LogP contribution in [-0.4, -0.2) is 50.2 Å². The van der Waals surface area contributed by atoms with Gasteiger partial charge < -0.3 is 19.3 Å². The minimum atomic E-state index is -0.480. The summed E-state index contributed by atoms with van der Waals surface area (Å²) < 4.78 is 16.0. The number of hydrogen-bond donors (Lipinski definition) is 1. The van der Waals surface area contributed by atoms with Gasteiger partial charge in [-0.15, -0.1) is 0 Å². The topological polar surface area (TPSA) is 68.2 Å². The quantitative estimate of drug-likeness (QED) is 0.186. The van der Waals surface area contributed by atoms with Gasteiger partial charge in [-0.25, -0.2) is 4.79 Å². The van der Waals surface area contributed by atoms with Crippen LogP contribution in [0.3, 0.4) is 0 Å². The van der Waals surface area contributed by atoms with Crippen LogP contribution in [0.25, 0.3) is 0 Å². The van der Waals surface area contributed by atoms with E-state index in [-0.39, 0.29) is 19.1 Å². The normalized spacial score (nSPS) is 11.3. The Hall–Kier alpha value is -2.47. The number of amides is 1. The van der Waals surface area contributed by atoms with E-state index >= 15 is 0 Å². The molecule has 1 aromatic carbocycles. The van der Waals surface area contributed by atoms with E-state index < -0.39 is 6.09 Å². The molecule has 0 radical (unpaired) electrons. The van der Waals surface area contributed by atoms with Crippen LogP contribution in [0.5, 0.6) is 11.5 Å². The molecule has 0 saturated heterocycles. The van der Waals surface area contributed by atoms with Crippen LogP contribution in [-0.2, 0) is 22.3 Å². The van der Waals surface area contributed by atoms with Gasteiger partial charge in [0, 0.05) is 19.7 Å². The van der Waals surface area contributed by atoms with Crippen molar-refractivity contribution in [3.05, 3.63) is 46.6 Å². The summed E-state index contributed by atoms with van der Waals surface area (Å²) in [6.07, 6.45) is 10.7. The Morgan fingerprint density at radius 1 is 1.12 bits per heavy atom. The van der Waals surface area contributed by atoms with E-state index in [0.717, 1.165) is 49.7 Å². The smallest absolute Gasteiger partial charge is 0.412 e. The largest absolute Gasteiger partial charge is 0.508 e. The summed E-state index contributed by atoms with van der Waals surface area (Å²) in [7, 11) is 3.17. The molecule has 6 nitrogen and oxygen atoms in total. The number of rotatable bonds is 15. The third-order valence-corrected chi connectivity index (χ3v) is 5.30. The van der Waals surface area contributed by atoms with E-state index in [1.54, 1.807) is 14.2 Å². The molecular weight excluding hydrogens is 418 g/mol. The fourth-order valence-corrected chi connectivity index (χ4v) is 3.25. The zero-order chi connectivity index (χ0) is 24.6. The van der Waals surface area contributed by atoms with Crippen molar-refractivity contribution in [3.63, 3.8) is 0 Å². The Morgan fingerprint density at radius 2 is 1.88 bits per heavy atom. The third kappa shape index (κ3) is 11.8. The summed E-state index contributed by atoms with van der Waals surface area (Å²) in [6, 6.07) is 3.83. The highest BCUT2D eigenvalue weighted by molar-refractivity contribution is 5.67. The number of phenolic OH excluding ortho intramolecular Hbond substituents is 1. The monoisotopic (exact) mass is 461 g/mol. The van der Waals surface area contributed by atoms with Crippen LogP contribution in [0.4, 0.5) is 4.79 Å². The van der Waals surface area contributed by atoms with Gasteiger partial charge in [0.2, 0.25) is 0 Å². The Morgan fingerprint density at radius 3 is 2.55 bits per heavy atom. The minimum absolute atomic E-state index is 0.0277. The molecular formula is C27H43NO5. The lowest BCUT2D eigenvalue weighted by Gasteiger charge is -2.20. The van der Waals surface area contributed by atoms with Crippen molar-refractivity contribution in [1.82, 2.24) is 4.90 Å². The Bertz CT molecular complexity index is 781. The zero-order valence-electron chi connectivity index (χ0n) is 21.4. The van der Waals surface area contributed by atoms with Crippen molar-refractivity contribution >= 4 is 6.09 Å². The number of unbranched alkanes of at least 4 members (excludes halogenated alkanes) is 2. The average Bonchev–Trinajstić information content (AvgIpc) is 2.76. The maximum Gasteiger partial charge on any atom is 0.412 e. The van der Waals surface area contributed by atoms with Crippen molar-refractivity contribution < 1.29 is 24.1 Å². The lowest BCUT2D eigenvalue weighted by molar-refractivity contribution is 0.0595. The predicted molar refractivity (Wildman–Crippen MR) is 134 cm³/mol. The van der Waals surface area contributed by atoms with E-state index in [1.165, 1.54) is 16.0 Å². The van der Waals surface area contributed by atoms with Crippen molar-refractivity contribution in [2.75, 3.05) is 34.1 Å². The molecule has 1 rings (SSSR count). The van der Waals surface area contributed by atoms with Crippen molar-refractivity contribution in [2.24, 2.45) is 0 Å². The molecule has 1 aromatic rings.